The zero-order valence-corrected chi connectivity index (χ0v) is 32.8. The molecule has 10 nitrogen and oxygen atoms in total. The molecule has 0 saturated heterocycles. The van der Waals surface area contributed by atoms with Crippen molar-refractivity contribution in [1.82, 2.24) is 10.6 Å². The molecule has 0 radical (unpaired) electrons. The van der Waals surface area contributed by atoms with Gasteiger partial charge in [-0.25, -0.2) is 4.79 Å². The third-order valence-electron chi connectivity index (χ3n) is 9.90. The van der Waals surface area contributed by atoms with Gasteiger partial charge in [0.05, 0.1) is 13.5 Å². The molecule has 3 aromatic carbocycles. The number of aliphatic hydroxyl groups is 1. The number of fused-ring (bicyclic) bond motifs is 3. The SMILES string of the molecule is COc1ccc([C@H](NC(=O)[C@H](CCCCNC(=O)OC(C)(C)C)CC(=O)OCC2c3ccccc3-c3ccccc32)C(=O)C[C@@H](C(C)C)[C@H](O)C(F)(F)F)cc1. The minimum atomic E-state index is -4.96. The molecule has 13 heteroatoms. The largest absolute Gasteiger partial charge is 0.497 e. The number of alkyl halides is 3. The molecule has 0 bridgehead atoms. The number of hydrogen-bond acceptors (Lipinski definition) is 8. The van der Waals surface area contributed by atoms with E-state index in [1.807, 2.05) is 48.5 Å². The highest BCUT2D eigenvalue weighted by Gasteiger charge is 2.46. The highest BCUT2D eigenvalue weighted by molar-refractivity contribution is 5.92. The first-order valence-electron chi connectivity index (χ1n) is 18.9. The van der Waals surface area contributed by atoms with Crippen molar-refractivity contribution in [3.05, 3.63) is 89.5 Å². The summed E-state index contributed by atoms with van der Waals surface area (Å²) in [5.74, 6) is -5.02. The van der Waals surface area contributed by atoms with Crippen LogP contribution >= 0.6 is 0 Å². The molecule has 1 aliphatic carbocycles. The predicted octanol–water partition coefficient (Wildman–Crippen LogP) is 8.06. The average Bonchev–Trinajstić information content (AvgIpc) is 3.46. The Morgan fingerprint density at radius 1 is 0.839 bits per heavy atom. The van der Waals surface area contributed by atoms with Crippen LogP contribution in [-0.4, -0.2) is 67.0 Å². The topological polar surface area (TPSA) is 140 Å². The molecule has 0 fully saturated rings. The number of aliphatic hydroxyl groups excluding tert-OH is 1. The van der Waals surface area contributed by atoms with Gasteiger partial charge in [-0.3, -0.25) is 14.4 Å². The molecule has 0 spiro atoms. The molecular weight excluding hydrogens is 729 g/mol. The number of Topliss-reactive ketones (excluding diaryl/α,β-unsaturated/α-hetero) is 1. The van der Waals surface area contributed by atoms with E-state index in [1.165, 1.54) is 33.1 Å². The smallest absolute Gasteiger partial charge is 0.414 e. The van der Waals surface area contributed by atoms with E-state index >= 15 is 0 Å². The second-order valence-corrected chi connectivity index (χ2v) is 15.5. The quantitative estimate of drug-likeness (QED) is 0.0870. The van der Waals surface area contributed by atoms with Gasteiger partial charge in [0.2, 0.25) is 5.91 Å². The Morgan fingerprint density at radius 3 is 1.96 bits per heavy atom. The number of alkyl carbamates (subject to hydrolysis) is 1. The predicted molar refractivity (Wildman–Crippen MR) is 205 cm³/mol. The van der Waals surface area contributed by atoms with Crippen molar-refractivity contribution in [2.75, 3.05) is 20.3 Å². The van der Waals surface area contributed by atoms with Crippen LogP contribution in [0.25, 0.3) is 11.1 Å². The normalized spacial score (nSPS) is 14.8. The van der Waals surface area contributed by atoms with Crippen LogP contribution in [0.4, 0.5) is 18.0 Å². The van der Waals surface area contributed by atoms with Crippen LogP contribution in [0.5, 0.6) is 5.75 Å². The monoisotopic (exact) mass is 782 g/mol. The van der Waals surface area contributed by atoms with Crippen LogP contribution in [0.15, 0.2) is 72.8 Å². The lowest BCUT2D eigenvalue weighted by Gasteiger charge is -2.29. The summed E-state index contributed by atoms with van der Waals surface area (Å²) in [5, 5.41) is 15.5. The Kier molecular flexibility index (Phi) is 15.1. The minimum Gasteiger partial charge on any atom is -0.497 e. The van der Waals surface area contributed by atoms with Crippen molar-refractivity contribution in [3.8, 4) is 16.9 Å². The first-order chi connectivity index (χ1) is 26.4. The number of rotatable bonds is 18. The molecule has 56 heavy (non-hydrogen) atoms. The summed E-state index contributed by atoms with van der Waals surface area (Å²) in [5.41, 5.74) is 3.74. The lowest BCUT2D eigenvalue weighted by atomic mass is 9.83. The Labute approximate surface area is 326 Å². The second kappa shape index (κ2) is 19.3. The molecule has 0 unspecified atom stereocenters. The van der Waals surface area contributed by atoms with Crippen molar-refractivity contribution in [3.63, 3.8) is 0 Å². The van der Waals surface area contributed by atoms with Crippen LogP contribution < -0.4 is 15.4 Å². The summed E-state index contributed by atoms with van der Waals surface area (Å²) in [6.45, 7) is 8.46. The highest BCUT2D eigenvalue weighted by atomic mass is 19.4. The van der Waals surface area contributed by atoms with E-state index < -0.39 is 71.9 Å². The van der Waals surface area contributed by atoms with Gasteiger partial charge in [0.25, 0.3) is 0 Å². The standard InChI is InChI=1S/C43H53F3N2O8/c1-26(2)34(39(51)43(44,45)46)24-36(49)38(27-18-20-29(54-6)21-19-27)48-40(52)28(13-11-12-22-47-41(53)56-42(3,4)5)23-37(50)55-25-35-32-16-9-7-14-30(32)31-15-8-10-17-33(31)35/h7-10,14-21,26,28,34-35,38-39,51H,11-13,22-25H2,1-6H3,(H,47,53)(H,48,52)/t28-,34+,38+,39+/m1/s1. The maximum Gasteiger partial charge on any atom is 0.414 e. The molecule has 3 aromatic rings. The number of halogens is 3. The number of unbranched alkanes of at least 4 members (excludes halogenated alkanes) is 1. The fourth-order valence-corrected chi connectivity index (χ4v) is 6.93. The van der Waals surface area contributed by atoms with Gasteiger partial charge in [0.1, 0.15) is 24.0 Å². The number of ketones is 1. The number of esters is 1. The summed E-state index contributed by atoms with van der Waals surface area (Å²) in [6.07, 6.45) is -8.35. The Hall–Kier alpha value is -4.91. The van der Waals surface area contributed by atoms with Gasteiger partial charge in [-0.15, -0.1) is 0 Å². The number of methoxy groups -OCH3 is 1. The lowest BCUT2D eigenvalue weighted by Crippen LogP contribution is -2.43. The Morgan fingerprint density at radius 2 is 1.43 bits per heavy atom. The maximum absolute atomic E-state index is 14.1. The molecule has 4 rings (SSSR count). The van der Waals surface area contributed by atoms with Crippen molar-refractivity contribution < 1.29 is 51.7 Å². The zero-order valence-electron chi connectivity index (χ0n) is 32.8. The molecule has 0 aliphatic heterocycles. The third-order valence-corrected chi connectivity index (χ3v) is 9.90. The van der Waals surface area contributed by atoms with Crippen molar-refractivity contribution in [1.29, 1.82) is 0 Å². The van der Waals surface area contributed by atoms with Gasteiger partial charge >= 0.3 is 18.2 Å². The third kappa shape index (κ3) is 12.0. The van der Waals surface area contributed by atoms with Crippen molar-refractivity contribution in [2.45, 2.75) is 96.6 Å². The maximum atomic E-state index is 14.1. The number of carbonyl (C=O) groups excluding carboxylic acids is 4. The number of hydrogen-bond donors (Lipinski definition) is 3. The second-order valence-electron chi connectivity index (χ2n) is 15.5. The fraction of sp³-hybridized carbons (Fsp3) is 0.488. The molecule has 0 heterocycles. The summed E-state index contributed by atoms with van der Waals surface area (Å²) in [4.78, 5) is 53.6. The van der Waals surface area contributed by atoms with Crippen LogP contribution in [0.1, 0.15) is 95.4 Å². The summed E-state index contributed by atoms with van der Waals surface area (Å²) in [7, 11) is 1.45. The van der Waals surface area contributed by atoms with E-state index in [9.17, 15) is 37.5 Å². The Balaban J connectivity index is 1.53. The molecule has 4 atom stereocenters. The van der Waals surface area contributed by atoms with Gasteiger partial charge in [-0.2, -0.15) is 13.2 Å². The van der Waals surface area contributed by atoms with Crippen molar-refractivity contribution in [2.24, 2.45) is 17.8 Å². The van der Waals surface area contributed by atoms with E-state index in [0.29, 0.717) is 18.6 Å². The summed E-state index contributed by atoms with van der Waals surface area (Å²) < 4.78 is 57.2. The van der Waals surface area contributed by atoms with E-state index in [2.05, 4.69) is 10.6 Å². The van der Waals surface area contributed by atoms with Crippen LogP contribution in [0, 0.1) is 17.8 Å². The van der Waals surface area contributed by atoms with Crippen LogP contribution in [0.2, 0.25) is 0 Å². The van der Waals surface area contributed by atoms with E-state index in [4.69, 9.17) is 14.2 Å². The molecule has 1 aliphatic rings. The minimum absolute atomic E-state index is 0.0338. The highest BCUT2D eigenvalue weighted by Crippen LogP contribution is 2.44. The van der Waals surface area contributed by atoms with Gasteiger partial charge in [-0.05, 0) is 79.5 Å². The fourth-order valence-electron chi connectivity index (χ4n) is 6.93. The van der Waals surface area contributed by atoms with Crippen LogP contribution in [-0.2, 0) is 23.9 Å². The van der Waals surface area contributed by atoms with Gasteiger partial charge < -0.3 is 30.0 Å². The number of nitrogens with one attached hydrogen (secondary N) is 2. The lowest BCUT2D eigenvalue weighted by molar-refractivity contribution is -0.224. The average molecular weight is 783 g/mol. The van der Waals surface area contributed by atoms with E-state index in [1.54, 1.807) is 32.9 Å². The number of benzene rings is 3. The van der Waals surface area contributed by atoms with E-state index in [0.717, 1.165) is 22.3 Å². The van der Waals surface area contributed by atoms with Gasteiger partial charge in [0, 0.05) is 30.7 Å². The molecule has 0 saturated carbocycles. The molecular formula is C43H53F3N2O8. The van der Waals surface area contributed by atoms with Gasteiger partial charge in [0.15, 0.2) is 11.9 Å². The first-order valence-corrected chi connectivity index (χ1v) is 18.9. The molecule has 2 amide bonds. The number of carbonyl (C=O) groups is 4. The number of ether oxygens (including phenoxy) is 3. The van der Waals surface area contributed by atoms with E-state index in [-0.39, 0.29) is 37.5 Å². The Bertz CT molecular complexity index is 1760. The molecule has 304 valence electrons. The van der Waals surface area contributed by atoms with Crippen LogP contribution in [0.3, 0.4) is 0 Å². The van der Waals surface area contributed by atoms with Crippen molar-refractivity contribution >= 4 is 23.8 Å². The number of amides is 2. The van der Waals surface area contributed by atoms with Gasteiger partial charge in [-0.1, -0.05) is 80.9 Å². The summed E-state index contributed by atoms with van der Waals surface area (Å²) >= 11 is 0. The first kappa shape index (κ1) is 43.8. The molecule has 0 aromatic heterocycles. The zero-order chi connectivity index (χ0) is 41.2. The molecule has 3 N–H and O–H groups in total. The summed E-state index contributed by atoms with van der Waals surface area (Å²) in [6, 6.07) is 20.5.